The van der Waals surface area contributed by atoms with E-state index < -0.39 is 0 Å². The number of benzene rings is 2. The molecule has 0 amide bonds. The zero-order valence-corrected chi connectivity index (χ0v) is 14.2. The lowest BCUT2D eigenvalue weighted by Crippen LogP contribution is -2.34. The average Bonchev–Trinajstić information content (AvgIpc) is 2.64. The number of hydrogen-bond donors (Lipinski definition) is 4. The van der Waals surface area contributed by atoms with Crippen molar-refractivity contribution in [3.63, 3.8) is 0 Å². The molecular weight excluding hydrogens is 322 g/mol. The molecule has 1 aliphatic heterocycles. The van der Waals surface area contributed by atoms with Crippen molar-refractivity contribution >= 4 is 28.8 Å². The minimum absolute atomic E-state index is 0.596. The van der Waals surface area contributed by atoms with Crippen molar-refractivity contribution in [3.8, 4) is 0 Å². The molecule has 4 N–H and O–H groups in total. The minimum atomic E-state index is 0.596. The maximum atomic E-state index is 6.05. The van der Waals surface area contributed by atoms with Crippen molar-refractivity contribution in [1.82, 2.24) is 10.6 Å². The van der Waals surface area contributed by atoms with Crippen molar-refractivity contribution in [2.24, 2.45) is 4.99 Å². The topological polar surface area (TPSA) is 60.5 Å². The SMILES string of the molecule is Clc1cccc(CN=C2CNCCNCNc3ccccc3N2)c1. The Morgan fingerprint density at radius 3 is 2.67 bits per heavy atom. The van der Waals surface area contributed by atoms with Crippen molar-refractivity contribution in [2.75, 3.05) is 36.9 Å². The molecule has 0 fully saturated rings. The van der Waals surface area contributed by atoms with Crippen LogP contribution in [-0.2, 0) is 6.54 Å². The predicted octanol–water partition coefficient (Wildman–Crippen LogP) is 2.91. The van der Waals surface area contributed by atoms with Gasteiger partial charge in [-0.05, 0) is 29.8 Å². The summed E-state index contributed by atoms with van der Waals surface area (Å²) in [5, 5.41) is 14.3. The minimum Gasteiger partial charge on any atom is -0.371 e. The Labute approximate surface area is 147 Å². The monoisotopic (exact) mass is 343 g/mol. The number of nitrogens with one attached hydrogen (secondary N) is 4. The van der Waals surface area contributed by atoms with Gasteiger partial charge in [-0.3, -0.25) is 10.3 Å². The Balaban J connectivity index is 1.78. The normalized spacial score (nSPS) is 17.3. The molecule has 0 atom stereocenters. The fourth-order valence-electron chi connectivity index (χ4n) is 2.49. The van der Waals surface area contributed by atoms with E-state index in [0.29, 0.717) is 13.1 Å². The number of nitrogens with zero attached hydrogens (tertiary/aromatic N) is 1. The first-order valence-corrected chi connectivity index (χ1v) is 8.48. The highest BCUT2D eigenvalue weighted by molar-refractivity contribution is 6.30. The Bertz CT molecular complexity index is 701. The van der Waals surface area contributed by atoms with Crippen molar-refractivity contribution < 1.29 is 0 Å². The average molecular weight is 344 g/mol. The molecule has 0 bridgehead atoms. The molecule has 126 valence electrons. The molecule has 2 aromatic carbocycles. The van der Waals surface area contributed by atoms with Gasteiger partial charge < -0.3 is 16.0 Å². The lowest BCUT2D eigenvalue weighted by Gasteiger charge is -2.14. The lowest BCUT2D eigenvalue weighted by atomic mass is 10.2. The summed E-state index contributed by atoms with van der Waals surface area (Å²) in [7, 11) is 0. The summed E-state index contributed by atoms with van der Waals surface area (Å²) in [4.78, 5) is 4.73. The van der Waals surface area contributed by atoms with Crippen LogP contribution in [0, 0.1) is 0 Å². The number of hydrogen-bond acceptors (Lipinski definition) is 4. The fourth-order valence-corrected chi connectivity index (χ4v) is 2.71. The molecule has 0 aliphatic carbocycles. The van der Waals surface area contributed by atoms with Crippen LogP contribution in [0.25, 0.3) is 0 Å². The largest absolute Gasteiger partial charge is 0.371 e. The number of para-hydroxylation sites is 2. The molecule has 6 heteroatoms. The third-order valence-corrected chi connectivity index (χ3v) is 3.96. The van der Waals surface area contributed by atoms with E-state index in [1.165, 1.54) is 0 Å². The third kappa shape index (κ3) is 4.96. The molecule has 0 saturated carbocycles. The van der Waals surface area contributed by atoms with E-state index >= 15 is 0 Å². The quantitative estimate of drug-likeness (QED) is 0.677. The van der Waals surface area contributed by atoms with Crippen molar-refractivity contribution in [1.29, 1.82) is 0 Å². The molecule has 3 rings (SSSR count). The summed E-state index contributed by atoms with van der Waals surface area (Å²) in [6, 6.07) is 16.0. The maximum Gasteiger partial charge on any atom is 0.115 e. The second kappa shape index (κ2) is 8.68. The standard InChI is InChI=1S/C18H22ClN5/c19-15-5-3-4-14(10-15)11-22-18-12-20-8-9-21-13-23-16-6-1-2-7-17(16)24-18/h1-7,10,20-21,23H,8-9,11-13H2,(H,22,24). The van der Waals surface area contributed by atoms with Crippen LogP contribution in [0.1, 0.15) is 5.56 Å². The van der Waals surface area contributed by atoms with E-state index in [0.717, 1.165) is 47.6 Å². The molecule has 0 saturated heterocycles. The molecule has 0 aromatic heterocycles. The molecule has 5 nitrogen and oxygen atoms in total. The zero-order valence-electron chi connectivity index (χ0n) is 13.5. The second-order valence-corrected chi connectivity index (χ2v) is 6.03. The third-order valence-electron chi connectivity index (χ3n) is 3.72. The van der Waals surface area contributed by atoms with Crippen molar-refractivity contribution in [3.05, 3.63) is 59.1 Å². The van der Waals surface area contributed by atoms with E-state index in [2.05, 4.69) is 33.4 Å². The highest BCUT2D eigenvalue weighted by Crippen LogP contribution is 2.20. The van der Waals surface area contributed by atoms with Gasteiger partial charge in [0.15, 0.2) is 0 Å². The van der Waals surface area contributed by atoms with Gasteiger partial charge in [0.25, 0.3) is 0 Å². The summed E-state index contributed by atoms with van der Waals surface area (Å²) in [5.41, 5.74) is 3.18. The number of halogens is 1. The van der Waals surface area contributed by atoms with Crippen LogP contribution in [0.15, 0.2) is 53.5 Å². The predicted molar refractivity (Wildman–Crippen MR) is 102 cm³/mol. The molecule has 1 heterocycles. The summed E-state index contributed by atoms with van der Waals surface area (Å²) in [6.45, 7) is 3.80. The molecular formula is C18H22ClN5. The van der Waals surface area contributed by atoms with Crippen LogP contribution in [0.3, 0.4) is 0 Å². The molecule has 0 spiro atoms. The van der Waals surface area contributed by atoms with E-state index in [-0.39, 0.29) is 0 Å². The molecule has 1 aliphatic rings. The van der Waals surface area contributed by atoms with Gasteiger partial charge in [0.1, 0.15) is 5.84 Å². The van der Waals surface area contributed by atoms with Gasteiger partial charge >= 0.3 is 0 Å². The highest BCUT2D eigenvalue weighted by atomic mass is 35.5. The van der Waals surface area contributed by atoms with Gasteiger partial charge in [-0.1, -0.05) is 35.9 Å². The van der Waals surface area contributed by atoms with E-state index in [9.17, 15) is 0 Å². The van der Waals surface area contributed by atoms with Gasteiger partial charge in [-0.2, -0.15) is 0 Å². The van der Waals surface area contributed by atoms with Gasteiger partial charge in [-0.25, -0.2) is 0 Å². The number of rotatable bonds is 2. The van der Waals surface area contributed by atoms with E-state index in [4.69, 9.17) is 16.6 Å². The summed E-state index contributed by atoms with van der Waals surface area (Å²) in [5.74, 6) is 0.908. The summed E-state index contributed by atoms with van der Waals surface area (Å²) >= 11 is 6.05. The van der Waals surface area contributed by atoms with E-state index in [1.54, 1.807) is 0 Å². The van der Waals surface area contributed by atoms with Gasteiger partial charge in [0.05, 0.1) is 31.1 Å². The zero-order chi connectivity index (χ0) is 16.6. The first kappa shape index (κ1) is 16.8. The number of amidine groups is 1. The van der Waals surface area contributed by atoms with Crippen LogP contribution in [-0.4, -0.2) is 32.1 Å². The molecule has 0 unspecified atom stereocenters. The molecule has 2 aromatic rings. The molecule has 24 heavy (non-hydrogen) atoms. The smallest absolute Gasteiger partial charge is 0.115 e. The summed E-state index contributed by atoms with van der Waals surface area (Å²) < 4.78 is 0. The van der Waals surface area contributed by atoms with Crippen LogP contribution in [0.4, 0.5) is 11.4 Å². The van der Waals surface area contributed by atoms with Crippen LogP contribution in [0.5, 0.6) is 0 Å². The first-order chi connectivity index (χ1) is 11.8. The Morgan fingerprint density at radius 2 is 1.79 bits per heavy atom. The van der Waals surface area contributed by atoms with Crippen LogP contribution >= 0.6 is 11.6 Å². The number of aliphatic imine (C=N–C) groups is 1. The molecule has 0 radical (unpaired) electrons. The van der Waals surface area contributed by atoms with Crippen LogP contribution in [0.2, 0.25) is 5.02 Å². The first-order valence-electron chi connectivity index (χ1n) is 8.10. The fraction of sp³-hybridized carbons (Fsp3) is 0.278. The summed E-state index contributed by atoms with van der Waals surface area (Å²) in [6.07, 6.45) is 0. The van der Waals surface area contributed by atoms with Gasteiger partial charge in [-0.15, -0.1) is 0 Å². The van der Waals surface area contributed by atoms with Crippen LogP contribution < -0.4 is 21.3 Å². The Hall–Kier alpha value is -2.08. The van der Waals surface area contributed by atoms with Gasteiger partial charge in [0, 0.05) is 18.1 Å². The Morgan fingerprint density at radius 1 is 0.958 bits per heavy atom. The van der Waals surface area contributed by atoms with E-state index in [1.807, 2.05) is 36.4 Å². The number of fused-ring (bicyclic) bond motifs is 1. The van der Waals surface area contributed by atoms with Gasteiger partial charge in [0.2, 0.25) is 0 Å². The lowest BCUT2D eigenvalue weighted by molar-refractivity contribution is 0.663. The highest BCUT2D eigenvalue weighted by Gasteiger charge is 2.06. The second-order valence-electron chi connectivity index (χ2n) is 5.59. The maximum absolute atomic E-state index is 6.05. The Kier molecular flexibility index (Phi) is 6.07. The van der Waals surface area contributed by atoms with Crippen molar-refractivity contribution in [2.45, 2.75) is 6.54 Å². The number of anilines is 2.